The van der Waals surface area contributed by atoms with Crippen molar-refractivity contribution in [3.63, 3.8) is 0 Å². The summed E-state index contributed by atoms with van der Waals surface area (Å²) in [6.07, 6.45) is 15.7. The van der Waals surface area contributed by atoms with E-state index in [0.29, 0.717) is 5.92 Å². The maximum absolute atomic E-state index is 4.01. The Morgan fingerprint density at radius 1 is 0.750 bits per heavy atom. The van der Waals surface area contributed by atoms with Gasteiger partial charge in [0.25, 0.3) is 0 Å². The Hall–Kier alpha value is -0.0400. The van der Waals surface area contributed by atoms with Gasteiger partial charge in [0.2, 0.25) is 0 Å². The predicted molar refractivity (Wildman–Crippen MR) is 74.6 cm³/mol. The molecule has 0 fully saturated rings. The minimum absolute atomic E-state index is 0. The van der Waals surface area contributed by atoms with Crippen LogP contribution in [-0.2, 0) is 0 Å². The molecule has 2 N–H and O–H groups in total. The van der Waals surface area contributed by atoms with Crippen LogP contribution in [0.1, 0.15) is 84.5 Å². The smallest absolute Gasteiger partial charge is 0.0443 e. The first-order valence-corrected chi connectivity index (χ1v) is 7.10. The molecule has 1 nitrogen and oxygen atoms in total. The highest BCUT2D eigenvalue weighted by Crippen LogP contribution is 2.13. The lowest BCUT2D eigenvalue weighted by Crippen LogP contribution is -1.87. The molecule has 0 heterocycles. The van der Waals surface area contributed by atoms with Crippen molar-refractivity contribution in [1.29, 1.82) is 0 Å². The largest absolute Gasteiger partial charge is 0.412 e. The Bertz CT molecular complexity index is 110. The highest BCUT2D eigenvalue weighted by atomic mass is 16.0. The second kappa shape index (κ2) is 15.0. The van der Waals surface area contributed by atoms with Crippen molar-refractivity contribution in [2.24, 2.45) is 5.92 Å². The summed E-state index contributed by atoms with van der Waals surface area (Å²) in [5.74, 6) is 0.652. The van der Waals surface area contributed by atoms with E-state index in [1.807, 2.05) is 0 Å². The Kier molecular flexibility index (Phi) is 17.1. The average molecular weight is 229 g/mol. The van der Waals surface area contributed by atoms with E-state index < -0.39 is 0 Å². The number of hydrogen-bond acceptors (Lipinski definition) is 0. The predicted octanol–water partition coefficient (Wildman–Crippen LogP) is 4.94. The minimum atomic E-state index is 0. The zero-order valence-electron chi connectivity index (χ0n) is 11.6. The zero-order chi connectivity index (χ0) is 11.4. The van der Waals surface area contributed by atoms with Crippen LogP contribution in [0.15, 0.2) is 0 Å². The zero-order valence-corrected chi connectivity index (χ0v) is 11.6. The van der Waals surface area contributed by atoms with Crippen molar-refractivity contribution in [1.82, 2.24) is 0 Å². The van der Waals surface area contributed by atoms with Crippen molar-refractivity contribution >= 4 is 0 Å². The third kappa shape index (κ3) is 16.4. The Labute approximate surface area is 103 Å². The summed E-state index contributed by atoms with van der Waals surface area (Å²) >= 11 is 0. The molecule has 0 spiro atoms. The molecule has 1 heteroatoms. The van der Waals surface area contributed by atoms with Crippen LogP contribution in [0.4, 0.5) is 0 Å². The van der Waals surface area contributed by atoms with Gasteiger partial charge in [-0.15, -0.1) is 0 Å². The van der Waals surface area contributed by atoms with Gasteiger partial charge in [-0.3, -0.25) is 0 Å². The SMILES string of the molecule is O.[CH2]C(C)CCCCCCCCCCCC. The first-order chi connectivity index (χ1) is 7.27. The summed E-state index contributed by atoms with van der Waals surface area (Å²) in [6.45, 7) is 8.51. The molecule has 16 heavy (non-hydrogen) atoms. The van der Waals surface area contributed by atoms with Crippen molar-refractivity contribution in [3.8, 4) is 0 Å². The van der Waals surface area contributed by atoms with Crippen LogP contribution in [0.25, 0.3) is 0 Å². The summed E-state index contributed by atoms with van der Waals surface area (Å²) in [7, 11) is 0. The average Bonchev–Trinajstić information content (AvgIpc) is 2.20. The molecule has 0 aliphatic rings. The fourth-order valence-electron chi connectivity index (χ4n) is 1.98. The lowest BCUT2D eigenvalue weighted by Gasteiger charge is -2.04. The van der Waals surface area contributed by atoms with Gasteiger partial charge in [-0.2, -0.15) is 0 Å². The Morgan fingerprint density at radius 2 is 1.12 bits per heavy atom. The molecule has 0 aromatic heterocycles. The molecular formula is C15H33O. The monoisotopic (exact) mass is 229 g/mol. The van der Waals surface area contributed by atoms with E-state index in [4.69, 9.17) is 0 Å². The first kappa shape index (κ1) is 18.3. The summed E-state index contributed by atoms with van der Waals surface area (Å²) in [5.41, 5.74) is 0. The van der Waals surface area contributed by atoms with Gasteiger partial charge in [0.05, 0.1) is 0 Å². The van der Waals surface area contributed by atoms with Gasteiger partial charge in [-0.25, -0.2) is 0 Å². The molecule has 1 unspecified atom stereocenters. The van der Waals surface area contributed by atoms with E-state index in [2.05, 4.69) is 20.8 Å². The highest BCUT2D eigenvalue weighted by molar-refractivity contribution is 4.54. The molecular weight excluding hydrogens is 196 g/mol. The van der Waals surface area contributed by atoms with E-state index in [9.17, 15) is 0 Å². The second-order valence-electron chi connectivity index (χ2n) is 5.08. The van der Waals surface area contributed by atoms with Gasteiger partial charge in [0.1, 0.15) is 0 Å². The molecule has 0 aromatic carbocycles. The Morgan fingerprint density at radius 3 is 1.50 bits per heavy atom. The molecule has 0 saturated carbocycles. The molecule has 0 aliphatic heterocycles. The van der Waals surface area contributed by atoms with Crippen molar-refractivity contribution in [2.45, 2.75) is 84.5 Å². The van der Waals surface area contributed by atoms with Crippen LogP contribution < -0.4 is 0 Å². The molecule has 0 rings (SSSR count). The van der Waals surface area contributed by atoms with E-state index >= 15 is 0 Å². The number of unbranched alkanes of at least 4 members (excludes halogenated alkanes) is 9. The molecule has 99 valence electrons. The van der Waals surface area contributed by atoms with Gasteiger partial charge in [0.15, 0.2) is 0 Å². The standard InChI is InChI=1S/C15H31.H2O/c1-4-5-6-7-8-9-10-11-12-13-14-15(2)3;/h15H,2,4-14H2,1,3H3;1H2. The third-order valence-electron chi connectivity index (χ3n) is 3.05. The molecule has 0 aromatic rings. The van der Waals surface area contributed by atoms with Crippen molar-refractivity contribution in [2.75, 3.05) is 0 Å². The lowest BCUT2D eigenvalue weighted by atomic mass is 10.0. The lowest BCUT2D eigenvalue weighted by molar-refractivity contribution is 0.525. The maximum atomic E-state index is 4.01. The van der Waals surface area contributed by atoms with Gasteiger partial charge in [0, 0.05) is 0 Å². The molecule has 1 atom stereocenters. The second-order valence-corrected chi connectivity index (χ2v) is 5.08. The number of rotatable bonds is 11. The van der Waals surface area contributed by atoms with Gasteiger partial charge >= 0.3 is 0 Å². The van der Waals surface area contributed by atoms with Gasteiger partial charge in [-0.05, 0) is 5.92 Å². The molecule has 0 bridgehead atoms. The molecule has 0 amide bonds. The summed E-state index contributed by atoms with van der Waals surface area (Å²) in [4.78, 5) is 0. The normalized spacial score (nSPS) is 10.5. The maximum Gasteiger partial charge on any atom is -0.0443 e. The summed E-state index contributed by atoms with van der Waals surface area (Å²) in [6, 6.07) is 0. The van der Waals surface area contributed by atoms with Crippen LogP contribution in [-0.4, -0.2) is 5.48 Å². The van der Waals surface area contributed by atoms with Crippen LogP contribution in [0.5, 0.6) is 0 Å². The Balaban J connectivity index is 0. The fraction of sp³-hybridized carbons (Fsp3) is 0.933. The van der Waals surface area contributed by atoms with E-state index in [-0.39, 0.29) is 5.48 Å². The van der Waals surface area contributed by atoms with Crippen LogP contribution in [0.2, 0.25) is 0 Å². The van der Waals surface area contributed by atoms with E-state index in [1.54, 1.807) is 0 Å². The third-order valence-corrected chi connectivity index (χ3v) is 3.05. The molecule has 0 aliphatic carbocycles. The molecule has 0 saturated heterocycles. The van der Waals surface area contributed by atoms with Gasteiger partial charge in [-0.1, -0.05) is 91.4 Å². The minimum Gasteiger partial charge on any atom is -0.412 e. The first-order valence-electron chi connectivity index (χ1n) is 7.10. The van der Waals surface area contributed by atoms with Crippen molar-refractivity contribution in [3.05, 3.63) is 6.92 Å². The quantitative estimate of drug-likeness (QED) is 0.449. The summed E-state index contributed by atoms with van der Waals surface area (Å²) in [5, 5.41) is 0. The van der Waals surface area contributed by atoms with Crippen LogP contribution in [0, 0.1) is 12.8 Å². The summed E-state index contributed by atoms with van der Waals surface area (Å²) < 4.78 is 0. The highest BCUT2D eigenvalue weighted by Gasteiger charge is 1.95. The van der Waals surface area contributed by atoms with Crippen LogP contribution in [0.3, 0.4) is 0 Å². The van der Waals surface area contributed by atoms with E-state index in [1.165, 1.54) is 70.6 Å². The van der Waals surface area contributed by atoms with Gasteiger partial charge < -0.3 is 5.48 Å². The van der Waals surface area contributed by atoms with Crippen molar-refractivity contribution < 1.29 is 5.48 Å². The molecule has 1 radical (unpaired) electrons. The van der Waals surface area contributed by atoms with Crippen LogP contribution >= 0.6 is 0 Å². The number of hydrogen-bond donors (Lipinski definition) is 0. The topological polar surface area (TPSA) is 31.5 Å². The fourth-order valence-corrected chi connectivity index (χ4v) is 1.98. The van der Waals surface area contributed by atoms with E-state index in [0.717, 1.165) is 0 Å².